The second-order valence-corrected chi connectivity index (χ2v) is 7.87. The van der Waals surface area contributed by atoms with Gasteiger partial charge in [-0.3, -0.25) is 14.5 Å². The van der Waals surface area contributed by atoms with Gasteiger partial charge in [0.1, 0.15) is 44.0 Å². The molecular formula is C25H19NO8. The van der Waals surface area contributed by atoms with Gasteiger partial charge in [-0.05, 0) is 42.5 Å². The Morgan fingerprint density at radius 3 is 2.15 bits per heavy atom. The summed E-state index contributed by atoms with van der Waals surface area (Å²) in [7, 11) is 0. The molecule has 1 saturated heterocycles. The van der Waals surface area contributed by atoms with Gasteiger partial charge in [0.2, 0.25) is 0 Å². The first-order valence-electron chi connectivity index (χ1n) is 10.8. The Kier molecular flexibility index (Phi) is 4.68. The number of hydrogen-bond donors (Lipinski definition) is 1. The standard InChI is InChI=1S/C25H19NO8/c27-23(14-3-5-16-19(12-14)33-10-8-31-16)21-22(18-2-1-7-30-18)26(25(29)24(21)28)15-4-6-17-20(13-15)34-11-9-32-17/h1-7,12-13,22,27H,8-11H2/b23-21-. The summed E-state index contributed by atoms with van der Waals surface area (Å²) in [6.45, 7) is 1.61. The van der Waals surface area contributed by atoms with Crippen molar-refractivity contribution in [1.29, 1.82) is 0 Å². The highest BCUT2D eigenvalue weighted by Crippen LogP contribution is 2.45. The van der Waals surface area contributed by atoms with Crippen LogP contribution in [0.2, 0.25) is 0 Å². The molecule has 1 atom stereocenters. The third kappa shape index (κ3) is 3.16. The number of carbonyl (C=O) groups is 2. The normalized spacial score (nSPS) is 20.5. The lowest BCUT2D eigenvalue weighted by Crippen LogP contribution is -2.29. The number of aliphatic hydroxyl groups is 1. The Bertz CT molecular complexity index is 1330. The Balaban J connectivity index is 1.49. The molecule has 3 aliphatic heterocycles. The first-order valence-corrected chi connectivity index (χ1v) is 10.8. The highest BCUT2D eigenvalue weighted by atomic mass is 16.6. The lowest BCUT2D eigenvalue weighted by molar-refractivity contribution is -0.132. The molecule has 1 amide bonds. The highest BCUT2D eigenvalue weighted by Gasteiger charge is 2.48. The van der Waals surface area contributed by atoms with Crippen molar-refractivity contribution in [2.24, 2.45) is 0 Å². The molecule has 2 aromatic carbocycles. The van der Waals surface area contributed by atoms with Crippen LogP contribution in [0.5, 0.6) is 23.0 Å². The number of carbonyl (C=O) groups excluding carboxylic acids is 2. The van der Waals surface area contributed by atoms with Crippen molar-refractivity contribution in [3.05, 3.63) is 71.7 Å². The third-order valence-corrected chi connectivity index (χ3v) is 5.88. The van der Waals surface area contributed by atoms with E-state index in [1.165, 1.54) is 11.2 Å². The van der Waals surface area contributed by atoms with Crippen LogP contribution < -0.4 is 23.8 Å². The van der Waals surface area contributed by atoms with Gasteiger partial charge in [-0.1, -0.05) is 0 Å². The van der Waals surface area contributed by atoms with E-state index in [4.69, 9.17) is 23.4 Å². The van der Waals surface area contributed by atoms with Crippen molar-refractivity contribution in [2.45, 2.75) is 6.04 Å². The maximum absolute atomic E-state index is 13.2. The first-order chi connectivity index (χ1) is 16.6. The van der Waals surface area contributed by atoms with Crippen LogP contribution in [0.3, 0.4) is 0 Å². The van der Waals surface area contributed by atoms with E-state index in [9.17, 15) is 14.7 Å². The van der Waals surface area contributed by atoms with Crippen LogP contribution in [-0.4, -0.2) is 43.2 Å². The summed E-state index contributed by atoms with van der Waals surface area (Å²) in [5, 5.41) is 11.2. The van der Waals surface area contributed by atoms with Gasteiger partial charge in [-0.25, -0.2) is 0 Å². The first kappa shape index (κ1) is 20.2. The van der Waals surface area contributed by atoms with E-state index in [0.717, 1.165) is 0 Å². The number of fused-ring (bicyclic) bond motifs is 2. The van der Waals surface area contributed by atoms with Crippen molar-refractivity contribution < 1.29 is 38.1 Å². The fraction of sp³-hybridized carbons (Fsp3) is 0.200. The zero-order valence-electron chi connectivity index (χ0n) is 17.9. The summed E-state index contributed by atoms with van der Waals surface area (Å²) >= 11 is 0. The number of nitrogens with zero attached hydrogens (tertiary/aromatic N) is 1. The zero-order chi connectivity index (χ0) is 23.2. The molecule has 0 saturated carbocycles. The molecule has 9 nitrogen and oxygen atoms in total. The third-order valence-electron chi connectivity index (χ3n) is 5.88. The average Bonchev–Trinajstić information content (AvgIpc) is 3.50. The summed E-state index contributed by atoms with van der Waals surface area (Å²) in [6.07, 6.45) is 1.45. The van der Waals surface area contributed by atoms with E-state index in [2.05, 4.69) is 0 Å². The number of furan rings is 1. The van der Waals surface area contributed by atoms with Crippen molar-refractivity contribution in [2.75, 3.05) is 31.3 Å². The van der Waals surface area contributed by atoms with Crippen molar-refractivity contribution >= 4 is 23.1 Å². The van der Waals surface area contributed by atoms with E-state index in [1.807, 2.05) is 0 Å². The van der Waals surface area contributed by atoms with Gasteiger partial charge in [-0.15, -0.1) is 0 Å². The van der Waals surface area contributed by atoms with Gasteiger partial charge in [0, 0.05) is 17.3 Å². The fourth-order valence-electron chi connectivity index (χ4n) is 4.34. The van der Waals surface area contributed by atoms with E-state index < -0.39 is 17.7 Å². The van der Waals surface area contributed by atoms with Crippen LogP contribution in [0.25, 0.3) is 5.76 Å². The van der Waals surface area contributed by atoms with Crippen molar-refractivity contribution in [3.8, 4) is 23.0 Å². The molecule has 34 heavy (non-hydrogen) atoms. The molecule has 9 heteroatoms. The number of hydrogen-bond acceptors (Lipinski definition) is 8. The van der Waals surface area contributed by atoms with Gasteiger partial charge in [0.05, 0.1) is 11.8 Å². The average molecular weight is 461 g/mol. The number of benzene rings is 2. The van der Waals surface area contributed by atoms with E-state index in [-0.39, 0.29) is 11.3 Å². The molecule has 3 aliphatic rings. The molecule has 1 aromatic heterocycles. The minimum atomic E-state index is -0.981. The Hall–Kier alpha value is -4.40. The van der Waals surface area contributed by atoms with Gasteiger partial charge < -0.3 is 28.5 Å². The Labute approximate surface area is 193 Å². The molecule has 0 radical (unpaired) electrons. The molecule has 1 fully saturated rings. The summed E-state index contributed by atoms with van der Waals surface area (Å²) in [4.78, 5) is 27.7. The Morgan fingerprint density at radius 2 is 1.47 bits per heavy atom. The second-order valence-electron chi connectivity index (χ2n) is 7.87. The lowest BCUT2D eigenvalue weighted by atomic mass is 9.99. The zero-order valence-corrected chi connectivity index (χ0v) is 17.9. The molecule has 1 N–H and O–H groups in total. The molecule has 0 bridgehead atoms. The molecule has 0 spiro atoms. The predicted octanol–water partition coefficient (Wildman–Crippen LogP) is 3.45. The number of aliphatic hydroxyl groups excluding tert-OH is 1. The smallest absolute Gasteiger partial charge is 0.300 e. The van der Waals surface area contributed by atoms with Gasteiger partial charge >= 0.3 is 0 Å². The van der Waals surface area contributed by atoms with E-state index in [0.29, 0.717) is 66.4 Å². The van der Waals surface area contributed by atoms with Crippen LogP contribution in [-0.2, 0) is 9.59 Å². The number of amides is 1. The van der Waals surface area contributed by atoms with Crippen LogP contribution in [0, 0.1) is 0 Å². The van der Waals surface area contributed by atoms with Crippen LogP contribution in [0.4, 0.5) is 5.69 Å². The monoisotopic (exact) mass is 461 g/mol. The number of anilines is 1. The lowest BCUT2D eigenvalue weighted by Gasteiger charge is -2.25. The largest absolute Gasteiger partial charge is 0.507 e. The quantitative estimate of drug-likeness (QED) is 0.359. The molecular weight excluding hydrogens is 442 g/mol. The fourth-order valence-corrected chi connectivity index (χ4v) is 4.34. The minimum Gasteiger partial charge on any atom is -0.507 e. The van der Waals surface area contributed by atoms with Gasteiger partial charge in [0.25, 0.3) is 11.7 Å². The minimum absolute atomic E-state index is 0.0912. The Morgan fingerprint density at radius 1 is 0.824 bits per heavy atom. The number of ether oxygens (including phenoxy) is 4. The van der Waals surface area contributed by atoms with Crippen molar-refractivity contribution in [3.63, 3.8) is 0 Å². The predicted molar refractivity (Wildman–Crippen MR) is 118 cm³/mol. The summed E-state index contributed by atoms with van der Waals surface area (Å²) in [6, 6.07) is 12.2. The van der Waals surface area contributed by atoms with E-state index >= 15 is 0 Å². The van der Waals surface area contributed by atoms with Gasteiger partial charge in [-0.2, -0.15) is 0 Å². The number of Topliss-reactive ketones (excluding diaryl/α,β-unsaturated/α-hetero) is 1. The SMILES string of the molecule is O=C1C(=O)N(c2ccc3c(c2)OCCO3)C(c2ccco2)/C1=C(/O)c1ccc2c(c1)OCCO2. The number of ketones is 1. The summed E-state index contributed by atoms with van der Waals surface area (Å²) in [5.41, 5.74) is 0.640. The van der Waals surface area contributed by atoms with Crippen LogP contribution in [0.15, 0.2) is 64.8 Å². The van der Waals surface area contributed by atoms with Crippen LogP contribution >= 0.6 is 0 Å². The maximum Gasteiger partial charge on any atom is 0.300 e. The summed E-state index contributed by atoms with van der Waals surface area (Å²) < 4.78 is 27.9. The molecule has 6 rings (SSSR count). The maximum atomic E-state index is 13.2. The second kappa shape index (κ2) is 7.87. The molecule has 3 aromatic rings. The molecule has 0 aliphatic carbocycles. The van der Waals surface area contributed by atoms with Crippen LogP contribution in [0.1, 0.15) is 17.4 Å². The molecule has 4 heterocycles. The summed E-state index contributed by atoms with van der Waals surface area (Å²) in [5.74, 6) is 0.381. The highest BCUT2D eigenvalue weighted by molar-refractivity contribution is 6.51. The van der Waals surface area contributed by atoms with Gasteiger partial charge in [0.15, 0.2) is 23.0 Å². The number of rotatable bonds is 3. The molecule has 172 valence electrons. The topological polar surface area (TPSA) is 108 Å². The van der Waals surface area contributed by atoms with E-state index in [1.54, 1.807) is 48.5 Å². The molecule has 1 unspecified atom stereocenters. The van der Waals surface area contributed by atoms with Crippen molar-refractivity contribution in [1.82, 2.24) is 0 Å².